The van der Waals surface area contributed by atoms with E-state index in [-0.39, 0.29) is 6.61 Å². The summed E-state index contributed by atoms with van der Waals surface area (Å²) in [6.45, 7) is 2.68. The fourth-order valence-electron chi connectivity index (χ4n) is 1.85. The number of para-hydroxylation sites is 1. The standard InChI is InChI=1S/C14H19NO3/c1-15(6-8-17-9-7-16)11-13-10-12-4-2-3-5-14(12)18-13/h2-5,10,16H,6-9,11H2,1H3. The quantitative estimate of drug-likeness (QED) is 0.761. The van der Waals surface area contributed by atoms with Gasteiger partial charge in [0.2, 0.25) is 0 Å². The van der Waals surface area contributed by atoms with Gasteiger partial charge < -0.3 is 14.3 Å². The van der Waals surface area contributed by atoms with Crippen molar-refractivity contribution in [2.24, 2.45) is 0 Å². The van der Waals surface area contributed by atoms with E-state index >= 15 is 0 Å². The molecule has 0 bridgehead atoms. The number of furan rings is 1. The SMILES string of the molecule is CN(CCOCCO)Cc1cc2ccccc2o1. The molecule has 1 aromatic carbocycles. The first-order valence-electron chi connectivity index (χ1n) is 6.14. The lowest BCUT2D eigenvalue weighted by atomic mass is 10.2. The molecule has 98 valence electrons. The first kappa shape index (κ1) is 13.1. The highest BCUT2D eigenvalue weighted by Crippen LogP contribution is 2.19. The van der Waals surface area contributed by atoms with E-state index in [1.807, 2.05) is 31.3 Å². The molecule has 4 nitrogen and oxygen atoms in total. The van der Waals surface area contributed by atoms with E-state index in [2.05, 4.69) is 11.0 Å². The molecule has 0 unspecified atom stereocenters. The van der Waals surface area contributed by atoms with Crippen LogP contribution in [0.15, 0.2) is 34.7 Å². The van der Waals surface area contributed by atoms with Crippen molar-refractivity contribution in [3.63, 3.8) is 0 Å². The maximum absolute atomic E-state index is 8.59. The molecule has 0 aliphatic heterocycles. The second kappa shape index (κ2) is 6.54. The molecule has 4 heteroatoms. The van der Waals surface area contributed by atoms with Crippen LogP contribution >= 0.6 is 0 Å². The van der Waals surface area contributed by atoms with Crippen LogP contribution in [0.2, 0.25) is 0 Å². The molecule has 0 atom stereocenters. The Balaban J connectivity index is 1.84. The molecule has 0 spiro atoms. The van der Waals surface area contributed by atoms with E-state index < -0.39 is 0 Å². The second-order valence-corrected chi connectivity index (χ2v) is 4.32. The molecule has 0 saturated heterocycles. The number of aliphatic hydroxyl groups is 1. The first-order valence-corrected chi connectivity index (χ1v) is 6.14. The van der Waals surface area contributed by atoms with E-state index in [0.29, 0.717) is 13.2 Å². The van der Waals surface area contributed by atoms with Crippen molar-refractivity contribution in [2.45, 2.75) is 6.54 Å². The van der Waals surface area contributed by atoms with Crippen LogP contribution in [0.4, 0.5) is 0 Å². The van der Waals surface area contributed by atoms with E-state index in [4.69, 9.17) is 14.3 Å². The van der Waals surface area contributed by atoms with Gasteiger partial charge in [-0.1, -0.05) is 18.2 Å². The highest BCUT2D eigenvalue weighted by atomic mass is 16.5. The molecule has 0 fully saturated rings. The predicted octanol–water partition coefficient (Wildman–Crippen LogP) is 1.87. The Bertz CT molecular complexity index is 448. The van der Waals surface area contributed by atoms with Gasteiger partial charge in [0, 0.05) is 11.9 Å². The number of fused-ring (bicyclic) bond motifs is 1. The molecule has 0 radical (unpaired) electrons. The van der Waals surface area contributed by atoms with Gasteiger partial charge in [-0.15, -0.1) is 0 Å². The summed E-state index contributed by atoms with van der Waals surface area (Å²) in [6.07, 6.45) is 0. The molecule has 1 N–H and O–H groups in total. The van der Waals surface area contributed by atoms with Crippen LogP contribution in [0.3, 0.4) is 0 Å². The summed E-state index contributed by atoms with van der Waals surface area (Å²) in [5.41, 5.74) is 0.928. The van der Waals surface area contributed by atoms with Crippen molar-refractivity contribution in [3.05, 3.63) is 36.1 Å². The monoisotopic (exact) mass is 249 g/mol. The number of benzene rings is 1. The maximum atomic E-state index is 8.59. The van der Waals surface area contributed by atoms with E-state index in [0.717, 1.165) is 29.8 Å². The van der Waals surface area contributed by atoms with Crippen molar-refractivity contribution < 1.29 is 14.3 Å². The third-order valence-corrected chi connectivity index (χ3v) is 2.76. The lowest BCUT2D eigenvalue weighted by Gasteiger charge is -2.14. The van der Waals surface area contributed by atoms with Gasteiger partial charge in [-0.2, -0.15) is 0 Å². The first-order chi connectivity index (χ1) is 8.79. The summed E-state index contributed by atoms with van der Waals surface area (Å²) in [5, 5.41) is 9.73. The van der Waals surface area contributed by atoms with Gasteiger partial charge in [0.15, 0.2) is 0 Å². The largest absolute Gasteiger partial charge is 0.460 e. The fraction of sp³-hybridized carbons (Fsp3) is 0.429. The lowest BCUT2D eigenvalue weighted by molar-refractivity contribution is 0.0763. The minimum absolute atomic E-state index is 0.0767. The van der Waals surface area contributed by atoms with Gasteiger partial charge in [-0.3, -0.25) is 4.90 Å². The molecular weight excluding hydrogens is 230 g/mol. The number of nitrogens with zero attached hydrogens (tertiary/aromatic N) is 1. The Labute approximate surface area is 107 Å². The van der Waals surface area contributed by atoms with Crippen LogP contribution in [-0.2, 0) is 11.3 Å². The maximum Gasteiger partial charge on any atom is 0.134 e. The number of hydrogen-bond acceptors (Lipinski definition) is 4. The smallest absolute Gasteiger partial charge is 0.134 e. The number of aliphatic hydroxyl groups excluding tert-OH is 1. The van der Waals surface area contributed by atoms with E-state index in [1.54, 1.807) is 0 Å². The molecule has 0 aliphatic rings. The molecule has 18 heavy (non-hydrogen) atoms. The summed E-state index contributed by atoms with van der Waals surface area (Å²) < 4.78 is 11.0. The topological polar surface area (TPSA) is 45.8 Å². The van der Waals surface area contributed by atoms with Crippen LogP contribution in [-0.4, -0.2) is 43.4 Å². The zero-order chi connectivity index (χ0) is 12.8. The zero-order valence-electron chi connectivity index (χ0n) is 10.6. The van der Waals surface area contributed by atoms with Crippen LogP contribution in [0.25, 0.3) is 11.0 Å². The van der Waals surface area contributed by atoms with Crippen LogP contribution in [0.1, 0.15) is 5.76 Å². The summed E-state index contributed by atoms with van der Waals surface area (Å²) in [5.74, 6) is 0.959. The van der Waals surface area contributed by atoms with Crippen molar-refractivity contribution in [3.8, 4) is 0 Å². The van der Waals surface area contributed by atoms with Crippen molar-refractivity contribution >= 4 is 11.0 Å². The summed E-state index contributed by atoms with van der Waals surface area (Å²) in [4.78, 5) is 2.13. The highest BCUT2D eigenvalue weighted by Gasteiger charge is 2.06. The molecule has 0 aliphatic carbocycles. The fourth-order valence-corrected chi connectivity index (χ4v) is 1.85. The van der Waals surface area contributed by atoms with Crippen LogP contribution in [0, 0.1) is 0 Å². The number of ether oxygens (including phenoxy) is 1. The van der Waals surface area contributed by atoms with Gasteiger partial charge in [0.05, 0.1) is 26.4 Å². The molecule has 2 aromatic rings. The Hall–Kier alpha value is -1.36. The second-order valence-electron chi connectivity index (χ2n) is 4.32. The van der Waals surface area contributed by atoms with Gasteiger partial charge in [-0.25, -0.2) is 0 Å². The summed E-state index contributed by atoms with van der Waals surface area (Å²) in [7, 11) is 2.02. The van der Waals surface area contributed by atoms with E-state index in [1.165, 1.54) is 0 Å². The van der Waals surface area contributed by atoms with E-state index in [9.17, 15) is 0 Å². The van der Waals surface area contributed by atoms with Crippen molar-refractivity contribution in [1.29, 1.82) is 0 Å². The molecule has 2 rings (SSSR count). The van der Waals surface area contributed by atoms with Gasteiger partial charge in [-0.05, 0) is 19.2 Å². The Morgan fingerprint density at radius 3 is 2.89 bits per heavy atom. The van der Waals surface area contributed by atoms with Gasteiger partial charge >= 0.3 is 0 Å². The predicted molar refractivity (Wildman–Crippen MR) is 70.5 cm³/mol. The molecule has 0 saturated carbocycles. The van der Waals surface area contributed by atoms with Crippen molar-refractivity contribution in [2.75, 3.05) is 33.4 Å². The molecule has 0 amide bonds. The van der Waals surface area contributed by atoms with Crippen molar-refractivity contribution in [1.82, 2.24) is 4.90 Å². The minimum atomic E-state index is 0.0767. The Kier molecular flexibility index (Phi) is 4.75. The van der Waals surface area contributed by atoms with Gasteiger partial charge in [0.1, 0.15) is 11.3 Å². The zero-order valence-corrected chi connectivity index (χ0v) is 10.6. The number of hydrogen-bond donors (Lipinski definition) is 1. The van der Waals surface area contributed by atoms with Crippen LogP contribution in [0.5, 0.6) is 0 Å². The third kappa shape index (κ3) is 3.57. The minimum Gasteiger partial charge on any atom is -0.460 e. The Morgan fingerprint density at radius 1 is 1.28 bits per heavy atom. The average molecular weight is 249 g/mol. The molecule has 1 aromatic heterocycles. The summed E-state index contributed by atoms with van der Waals surface area (Å²) in [6, 6.07) is 10.1. The van der Waals surface area contributed by atoms with Gasteiger partial charge in [0.25, 0.3) is 0 Å². The van der Waals surface area contributed by atoms with Crippen LogP contribution < -0.4 is 0 Å². The Morgan fingerprint density at radius 2 is 2.11 bits per heavy atom. The lowest BCUT2D eigenvalue weighted by Crippen LogP contribution is -2.23. The summed E-state index contributed by atoms with van der Waals surface area (Å²) >= 11 is 0. The third-order valence-electron chi connectivity index (χ3n) is 2.76. The number of likely N-dealkylation sites (N-methyl/N-ethyl adjacent to an activating group) is 1. The normalized spacial score (nSPS) is 11.5. The molecular formula is C14H19NO3. The highest BCUT2D eigenvalue weighted by molar-refractivity contribution is 5.77. The number of rotatable bonds is 7. The average Bonchev–Trinajstić information content (AvgIpc) is 2.76. The molecule has 1 heterocycles.